The molecular weight excluding hydrogens is 502 g/mol. The molecule has 0 amide bonds. The number of nitrogens with zero attached hydrogens (tertiary/aromatic N) is 5. The van der Waals surface area contributed by atoms with Crippen LogP contribution >= 0.6 is 0 Å². The fraction of sp³-hybridized carbons (Fsp3) is 0.214. The normalized spacial score (nSPS) is 15.6. The standard InChI is InChI=1S/C28H25N5O4S/c1-17-4-7-21(8-5-17)38(34,35)33-26(11-23-27-18(12-29-28(23)33)13-30-31(27)2)24-15-32(14-20-16-37-20)25-9-6-19(36-3)10-22(24)25/h4-13,15,20H,14,16H2,1-3H3. The van der Waals surface area contributed by atoms with E-state index in [1.807, 2.05) is 44.4 Å². The van der Waals surface area contributed by atoms with E-state index >= 15 is 0 Å². The highest BCUT2D eigenvalue weighted by Gasteiger charge is 2.29. The Kier molecular flexibility index (Phi) is 4.95. The van der Waals surface area contributed by atoms with Crippen LogP contribution in [-0.2, 0) is 28.4 Å². The minimum absolute atomic E-state index is 0.151. The number of hydrogen-bond acceptors (Lipinski definition) is 6. The first-order valence-electron chi connectivity index (χ1n) is 12.3. The number of benzene rings is 2. The first-order valence-corrected chi connectivity index (χ1v) is 13.7. The molecule has 7 rings (SSSR count). The molecule has 6 aromatic rings. The molecule has 1 unspecified atom stereocenters. The van der Waals surface area contributed by atoms with Gasteiger partial charge in [0.1, 0.15) is 5.75 Å². The van der Waals surface area contributed by atoms with Gasteiger partial charge in [0, 0.05) is 46.7 Å². The molecule has 2 aromatic carbocycles. The fourth-order valence-corrected chi connectivity index (χ4v) is 6.66. The van der Waals surface area contributed by atoms with Crippen molar-refractivity contribution in [1.82, 2.24) is 23.3 Å². The maximum atomic E-state index is 14.3. The maximum absolute atomic E-state index is 14.3. The van der Waals surface area contributed by atoms with Crippen LogP contribution in [0.1, 0.15) is 5.56 Å². The van der Waals surface area contributed by atoms with E-state index in [2.05, 4.69) is 14.6 Å². The van der Waals surface area contributed by atoms with Crippen molar-refractivity contribution in [3.63, 3.8) is 0 Å². The number of methoxy groups -OCH3 is 1. The van der Waals surface area contributed by atoms with Gasteiger partial charge in [0.05, 0.1) is 48.7 Å². The largest absolute Gasteiger partial charge is 0.497 e. The van der Waals surface area contributed by atoms with Gasteiger partial charge >= 0.3 is 0 Å². The molecule has 0 spiro atoms. The van der Waals surface area contributed by atoms with Crippen LogP contribution in [0.4, 0.5) is 0 Å². The molecule has 1 saturated heterocycles. The number of epoxide rings is 1. The monoisotopic (exact) mass is 527 g/mol. The summed E-state index contributed by atoms with van der Waals surface area (Å²) in [4.78, 5) is 4.83. The van der Waals surface area contributed by atoms with Crippen LogP contribution in [0.15, 0.2) is 72.0 Å². The van der Waals surface area contributed by atoms with Crippen LogP contribution in [0.25, 0.3) is 44.1 Å². The highest BCUT2D eigenvalue weighted by atomic mass is 32.2. The van der Waals surface area contributed by atoms with Crippen molar-refractivity contribution in [2.75, 3.05) is 13.7 Å². The van der Waals surface area contributed by atoms with Crippen molar-refractivity contribution >= 4 is 42.9 Å². The van der Waals surface area contributed by atoms with Gasteiger partial charge in [-0.05, 0) is 43.3 Å². The molecule has 9 nitrogen and oxygen atoms in total. The van der Waals surface area contributed by atoms with Gasteiger partial charge in [-0.25, -0.2) is 17.4 Å². The second kappa shape index (κ2) is 8.17. The van der Waals surface area contributed by atoms with E-state index in [1.165, 1.54) is 3.97 Å². The van der Waals surface area contributed by atoms with Crippen molar-refractivity contribution in [2.45, 2.75) is 24.5 Å². The zero-order valence-corrected chi connectivity index (χ0v) is 21.9. The lowest BCUT2D eigenvalue weighted by molar-refractivity contribution is 0.385. The van der Waals surface area contributed by atoms with E-state index < -0.39 is 10.0 Å². The van der Waals surface area contributed by atoms with Crippen LogP contribution in [0.2, 0.25) is 0 Å². The number of fused-ring (bicyclic) bond motifs is 4. The SMILES string of the molecule is COc1ccc2c(c1)c(-c1cc3c4c(cnc3n1S(=O)(=O)c1ccc(C)cc1)cnn4C)cn2CC1CO1. The quantitative estimate of drug-likeness (QED) is 0.296. The number of hydrogen-bond donors (Lipinski definition) is 0. The third kappa shape index (κ3) is 3.44. The molecule has 4 aromatic heterocycles. The molecule has 1 aliphatic rings. The van der Waals surface area contributed by atoms with Gasteiger partial charge in [-0.2, -0.15) is 5.10 Å². The number of aryl methyl sites for hydroxylation is 2. The Balaban J connectivity index is 1.59. The maximum Gasteiger partial charge on any atom is 0.269 e. The summed E-state index contributed by atoms with van der Waals surface area (Å²) in [6.07, 6.45) is 5.56. The molecule has 5 heterocycles. The molecular formula is C28H25N5O4S. The van der Waals surface area contributed by atoms with E-state index in [4.69, 9.17) is 9.47 Å². The van der Waals surface area contributed by atoms with Crippen molar-refractivity contribution in [1.29, 1.82) is 0 Å². The summed E-state index contributed by atoms with van der Waals surface area (Å²) in [6, 6.07) is 14.6. The molecule has 0 radical (unpaired) electrons. The van der Waals surface area contributed by atoms with Gasteiger partial charge in [0.15, 0.2) is 5.65 Å². The van der Waals surface area contributed by atoms with Gasteiger partial charge in [-0.1, -0.05) is 17.7 Å². The molecule has 192 valence electrons. The van der Waals surface area contributed by atoms with Crippen LogP contribution in [0.5, 0.6) is 5.75 Å². The van der Waals surface area contributed by atoms with Crippen molar-refractivity contribution in [2.24, 2.45) is 7.05 Å². The lowest BCUT2D eigenvalue weighted by Crippen LogP contribution is -2.14. The Bertz CT molecular complexity index is 1980. The molecule has 0 N–H and O–H groups in total. The zero-order valence-electron chi connectivity index (χ0n) is 21.1. The average Bonchev–Trinajstić information content (AvgIpc) is 3.36. The summed E-state index contributed by atoms with van der Waals surface area (Å²) in [6.45, 7) is 3.33. The average molecular weight is 528 g/mol. The van der Waals surface area contributed by atoms with Crippen LogP contribution in [-0.4, -0.2) is 51.5 Å². The summed E-state index contributed by atoms with van der Waals surface area (Å²) in [7, 11) is -0.539. The van der Waals surface area contributed by atoms with E-state index in [1.54, 1.807) is 48.5 Å². The smallest absolute Gasteiger partial charge is 0.269 e. The fourth-order valence-electron chi connectivity index (χ4n) is 5.19. The molecule has 1 fully saturated rings. The molecule has 0 bridgehead atoms. The lowest BCUT2D eigenvalue weighted by atomic mass is 10.1. The van der Waals surface area contributed by atoms with Crippen LogP contribution in [0, 0.1) is 6.92 Å². The zero-order chi connectivity index (χ0) is 26.2. The third-order valence-corrected chi connectivity index (χ3v) is 8.93. The molecule has 1 aliphatic heterocycles. The Morgan fingerprint density at radius 1 is 1.08 bits per heavy atom. The molecule has 0 saturated carbocycles. The third-order valence-electron chi connectivity index (χ3n) is 7.21. The first-order chi connectivity index (χ1) is 18.3. The summed E-state index contributed by atoms with van der Waals surface area (Å²) in [5.74, 6) is 0.690. The summed E-state index contributed by atoms with van der Waals surface area (Å²) >= 11 is 0. The van der Waals surface area contributed by atoms with Crippen molar-refractivity contribution in [3.8, 4) is 17.0 Å². The Labute approximate surface area is 218 Å². The Morgan fingerprint density at radius 2 is 1.87 bits per heavy atom. The molecule has 0 aliphatic carbocycles. The van der Waals surface area contributed by atoms with Gasteiger partial charge in [-0.3, -0.25) is 4.68 Å². The molecule has 1 atom stereocenters. The number of aromatic nitrogens is 5. The summed E-state index contributed by atoms with van der Waals surface area (Å²) in [5, 5.41) is 6.82. The highest BCUT2D eigenvalue weighted by molar-refractivity contribution is 7.90. The molecule has 38 heavy (non-hydrogen) atoms. The highest BCUT2D eigenvalue weighted by Crippen LogP contribution is 2.39. The van der Waals surface area contributed by atoms with Gasteiger partial charge in [0.25, 0.3) is 10.0 Å². The van der Waals surface area contributed by atoms with Gasteiger partial charge in [0.2, 0.25) is 0 Å². The van der Waals surface area contributed by atoms with E-state index in [0.717, 1.165) is 39.5 Å². The number of ether oxygens (including phenoxy) is 2. The van der Waals surface area contributed by atoms with Gasteiger partial charge < -0.3 is 14.0 Å². The van der Waals surface area contributed by atoms with Crippen molar-refractivity contribution < 1.29 is 17.9 Å². The number of rotatable bonds is 6. The Hall–Kier alpha value is -4.15. The van der Waals surface area contributed by atoms with Gasteiger partial charge in [-0.15, -0.1) is 0 Å². The summed E-state index contributed by atoms with van der Waals surface area (Å²) < 4.78 is 44.8. The van der Waals surface area contributed by atoms with Crippen LogP contribution < -0.4 is 4.74 Å². The number of pyridine rings is 1. The predicted octanol–water partition coefficient (Wildman–Crippen LogP) is 4.50. The topological polar surface area (TPSA) is 96.5 Å². The minimum atomic E-state index is -4.01. The first kappa shape index (κ1) is 23.0. The van der Waals surface area contributed by atoms with Crippen molar-refractivity contribution in [3.05, 3.63) is 72.7 Å². The lowest BCUT2D eigenvalue weighted by Gasteiger charge is -2.12. The second-order valence-electron chi connectivity index (χ2n) is 9.71. The van der Waals surface area contributed by atoms with E-state index in [-0.39, 0.29) is 11.0 Å². The molecule has 10 heteroatoms. The van der Waals surface area contributed by atoms with Crippen LogP contribution in [0.3, 0.4) is 0 Å². The minimum Gasteiger partial charge on any atom is -0.497 e. The second-order valence-corrected chi connectivity index (χ2v) is 11.5. The summed E-state index contributed by atoms with van der Waals surface area (Å²) in [5.41, 5.74) is 4.42. The van der Waals surface area contributed by atoms with E-state index in [0.29, 0.717) is 29.0 Å². The predicted molar refractivity (Wildman–Crippen MR) is 145 cm³/mol. The Morgan fingerprint density at radius 3 is 2.61 bits per heavy atom. The van der Waals surface area contributed by atoms with E-state index in [9.17, 15) is 8.42 Å².